The number of aromatic amines is 1. The van der Waals surface area contributed by atoms with Crippen LogP contribution in [0.25, 0.3) is 10.9 Å². The fourth-order valence-electron chi connectivity index (χ4n) is 3.03. The molecule has 1 atom stereocenters. The molecule has 3 rings (SSSR count). The van der Waals surface area contributed by atoms with E-state index >= 15 is 0 Å². The summed E-state index contributed by atoms with van der Waals surface area (Å²) in [4.78, 5) is 27.5. The van der Waals surface area contributed by atoms with Gasteiger partial charge in [0.05, 0.1) is 0 Å². The smallest absolute Gasteiger partial charge is 0.247 e. The topological polar surface area (TPSA) is 74.0 Å². The van der Waals surface area contributed by atoms with Gasteiger partial charge in [-0.15, -0.1) is 0 Å². The molecule has 134 valence electrons. The van der Waals surface area contributed by atoms with Crippen LogP contribution in [0.2, 0.25) is 0 Å². The summed E-state index contributed by atoms with van der Waals surface area (Å²) in [7, 11) is 0. The van der Waals surface area contributed by atoms with Crippen molar-refractivity contribution in [3.63, 3.8) is 0 Å². The highest BCUT2D eigenvalue weighted by Gasteiger charge is 2.21. The third-order valence-corrected chi connectivity index (χ3v) is 4.42. The molecule has 26 heavy (non-hydrogen) atoms. The molecule has 0 fully saturated rings. The van der Waals surface area contributed by atoms with Gasteiger partial charge in [0.25, 0.3) is 0 Å². The number of H-pyrrole nitrogens is 1. The molecular formula is C21H23N3O2. The van der Waals surface area contributed by atoms with Gasteiger partial charge >= 0.3 is 0 Å². The lowest BCUT2D eigenvalue weighted by Crippen LogP contribution is -2.44. The molecule has 1 unspecified atom stereocenters. The number of hydrogen-bond donors (Lipinski definition) is 3. The summed E-state index contributed by atoms with van der Waals surface area (Å²) in [6, 6.07) is 15.0. The number of nitrogens with one attached hydrogen (secondary N) is 3. The van der Waals surface area contributed by atoms with Crippen molar-refractivity contribution in [1.82, 2.24) is 10.3 Å². The Hall–Kier alpha value is -3.08. The summed E-state index contributed by atoms with van der Waals surface area (Å²) in [5.74, 6) is -0.457. The average molecular weight is 349 g/mol. The van der Waals surface area contributed by atoms with Crippen molar-refractivity contribution in [1.29, 1.82) is 0 Å². The van der Waals surface area contributed by atoms with Gasteiger partial charge in [-0.2, -0.15) is 0 Å². The predicted molar refractivity (Wildman–Crippen MR) is 104 cm³/mol. The van der Waals surface area contributed by atoms with Crippen LogP contribution in [0.3, 0.4) is 0 Å². The van der Waals surface area contributed by atoms with Crippen LogP contribution in [0, 0.1) is 0 Å². The number of para-hydroxylation sites is 1. The number of fused-ring (bicyclic) bond motifs is 1. The average Bonchev–Trinajstić information content (AvgIpc) is 3.04. The molecule has 5 heteroatoms. The van der Waals surface area contributed by atoms with Gasteiger partial charge in [0.1, 0.15) is 6.04 Å². The molecule has 3 aromatic rings. The Morgan fingerprint density at radius 3 is 2.50 bits per heavy atom. The first-order valence-electron chi connectivity index (χ1n) is 8.78. The van der Waals surface area contributed by atoms with E-state index in [4.69, 9.17) is 0 Å². The Labute approximate surface area is 152 Å². The van der Waals surface area contributed by atoms with E-state index in [1.165, 1.54) is 12.5 Å². The van der Waals surface area contributed by atoms with E-state index in [2.05, 4.69) is 22.5 Å². The molecular weight excluding hydrogens is 326 g/mol. The number of amides is 2. The van der Waals surface area contributed by atoms with Crippen molar-refractivity contribution in [3.05, 3.63) is 65.9 Å². The van der Waals surface area contributed by atoms with E-state index in [0.717, 1.165) is 28.6 Å². The van der Waals surface area contributed by atoms with Gasteiger partial charge in [-0.1, -0.05) is 37.3 Å². The Kier molecular flexibility index (Phi) is 5.37. The summed E-state index contributed by atoms with van der Waals surface area (Å²) < 4.78 is 0. The number of carbonyl (C=O) groups is 2. The fourth-order valence-corrected chi connectivity index (χ4v) is 3.03. The molecule has 0 aliphatic heterocycles. The summed E-state index contributed by atoms with van der Waals surface area (Å²) in [5.41, 5.74) is 3.94. The maximum Gasteiger partial charge on any atom is 0.247 e. The molecule has 0 saturated heterocycles. The number of aryl methyl sites for hydroxylation is 1. The van der Waals surface area contributed by atoms with Crippen LogP contribution >= 0.6 is 0 Å². The minimum absolute atomic E-state index is 0.227. The largest absolute Gasteiger partial charge is 0.361 e. The Morgan fingerprint density at radius 1 is 1.08 bits per heavy atom. The molecule has 0 bridgehead atoms. The van der Waals surface area contributed by atoms with Crippen LogP contribution in [0.4, 0.5) is 5.69 Å². The van der Waals surface area contributed by atoms with Crippen LogP contribution in [0.1, 0.15) is 25.0 Å². The second kappa shape index (κ2) is 7.87. The lowest BCUT2D eigenvalue weighted by atomic mass is 10.0. The lowest BCUT2D eigenvalue weighted by Gasteiger charge is -2.17. The van der Waals surface area contributed by atoms with Crippen LogP contribution < -0.4 is 10.6 Å². The van der Waals surface area contributed by atoms with E-state index in [0.29, 0.717) is 6.42 Å². The van der Waals surface area contributed by atoms with Crippen LogP contribution in [0.15, 0.2) is 54.7 Å². The first-order chi connectivity index (χ1) is 12.6. The predicted octanol–water partition coefficient (Wildman–Crippen LogP) is 3.42. The van der Waals surface area contributed by atoms with Gasteiger partial charge in [0.2, 0.25) is 11.8 Å². The number of anilines is 1. The van der Waals surface area contributed by atoms with Crippen molar-refractivity contribution in [2.24, 2.45) is 0 Å². The zero-order valence-corrected chi connectivity index (χ0v) is 15.0. The summed E-state index contributed by atoms with van der Waals surface area (Å²) in [6.45, 7) is 3.51. The highest BCUT2D eigenvalue weighted by Crippen LogP contribution is 2.20. The maximum absolute atomic E-state index is 12.7. The summed E-state index contributed by atoms with van der Waals surface area (Å²) in [5, 5.41) is 6.71. The SMILES string of the molecule is CCc1ccc(NC(=O)C(Cc2c[nH]c3ccccc23)NC(C)=O)cc1. The number of hydrogen-bond acceptors (Lipinski definition) is 2. The maximum atomic E-state index is 12.7. The normalized spacial score (nSPS) is 11.9. The molecule has 0 spiro atoms. The second-order valence-electron chi connectivity index (χ2n) is 6.36. The van der Waals surface area contributed by atoms with Crippen LogP contribution in [-0.4, -0.2) is 22.8 Å². The second-order valence-corrected chi connectivity index (χ2v) is 6.36. The minimum atomic E-state index is -0.641. The zero-order valence-electron chi connectivity index (χ0n) is 15.0. The molecule has 2 aromatic carbocycles. The third kappa shape index (κ3) is 4.11. The number of carbonyl (C=O) groups excluding carboxylic acids is 2. The fraction of sp³-hybridized carbons (Fsp3) is 0.238. The first kappa shape index (κ1) is 17.7. The first-order valence-corrected chi connectivity index (χ1v) is 8.78. The van der Waals surface area contributed by atoms with Crippen molar-refractivity contribution < 1.29 is 9.59 Å². The molecule has 0 saturated carbocycles. The molecule has 1 heterocycles. The van der Waals surface area contributed by atoms with Crippen molar-refractivity contribution in [3.8, 4) is 0 Å². The standard InChI is InChI=1S/C21H23N3O2/c1-3-15-8-10-17(11-9-15)24-21(26)20(23-14(2)25)12-16-13-22-19-7-5-4-6-18(16)19/h4-11,13,20,22H,3,12H2,1-2H3,(H,23,25)(H,24,26). The van der Waals surface area contributed by atoms with Crippen LogP contribution in [0.5, 0.6) is 0 Å². The Balaban J connectivity index is 1.78. The molecule has 0 radical (unpaired) electrons. The quantitative estimate of drug-likeness (QED) is 0.638. The van der Waals surface area contributed by atoms with Gasteiger partial charge in [-0.05, 0) is 35.7 Å². The lowest BCUT2D eigenvalue weighted by molar-refractivity contribution is -0.125. The molecule has 1 aromatic heterocycles. The van der Waals surface area contributed by atoms with Crippen molar-refractivity contribution in [2.75, 3.05) is 5.32 Å². The third-order valence-electron chi connectivity index (χ3n) is 4.42. The van der Waals surface area contributed by atoms with Crippen molar-refractivity contribution in [2.45, 2.75) is 32.7 Å². The monoisotopic (exact) mass is 349 g/mol. The van der Waals surface area contributed by atoms with Gasteiger partial charge in [0, 0.05) is 36.1 Å². The van der Waals surface area contributed by atoms with Crippen molar-refractivity contribution >= 4 is 28.4 Å². The Morgan fingerprint density at radius 2 is 1.81 bits per heavy atom. The van der Waals surface area contributed by atoms with E-state index in [1.54, 1.807) is 0 Å². The Bertz CT molecular complexity index is 912. The molecule has 0 aliphatic rings. The number of rotatable bonds is 6. The van der Waals surface area contributed by atoms with Crippen LogP contribution in [-0.2, 0) is 22.4 Å². The minimum Gasteiger partial charge on any atom is -0.361 e. The molecule has 2 amide bonds. The highest BCUT2D eigenvalue weighted by molar-refractivity contribution is 5.97. The highest BCUT2D eigenvalue weighted by atomic mass is 16.2. The summed E-state index contributed by atoms with van der Waals surface area (Å²) in [6.07, 6.45) is 3.26. The van der Waals surface area contributed by atoms with Gasteiger partial charge in [-0.25, -0.2) is 0 Å². The zero-order chi connectivity index (χ0) is 18.5. The summed E-state index contributed by atoms with van der Waals surface area (Å²) >= 11 is 0. The number of benzene rings is 2. The van der Waals surface area contributed by atoms with Gasteiger partial charge < -0.3 is 15.6 Å². The van der Waals surface area contributed by atoms with E-state index < -0.39 is 6.04 Å². The van der Waals surface area contributed by atoms with Gasteiger partial charge in [-0.3, -0.25) is 9.59 Å². The van der Waals surface area contributed by atoms with Gasteiger partial charge in [0.15, 0.2) is 0 Å². The molecule has 0 aliphatic carbocycles. The molecule has 3 N–H and O–H groups in total. The van der Waals surface area contributed by atoms with E-state index in [9.17, 15) is 9.59 Å². The van der Waals surface area contributed by atoms with E-state index in [1.807, 2.05) is 54.7 Å². The number of aromatic nitrogens is 1. The van der Waals surface area contributed by atoms with E-state index in [-0.39, 0.29) is 11.8 Å². The molecule has 5 nitrogen and oxygen atoms in total.